The van der Waals surface area contributed by atoms with Gasteiger partial charge in [-0.25, -0.2) is 0 Å². The van der Waals surface area contributed by atoms with Crippen molar-refractivity contribution in [3.05, 3.63) is 27.2 Å². The fourth-order valence-electron chi connectivity index (χ4n) is 2.96. The zero-order chi connectivity index (χ0) is 14.1. The Morgan fingerprint density at radius 3 is 2.70 bits per heavy atom. The molecular weight excluding hydrogens is 340 g/mol. The fraction of sp³-hybridized carbons (Fsp3) is 0.600. The van der Waals surface area contributed by atoms with Crippen molar-refractivity contribution in [2.75, 3.05) is 26.2 Å². The number of halogens is 2. The van der Waals surface area contributed by atoms with E-state index in [0.717, 1.165) is 44.1 Å². The number of phenolic OH excluding ortho intramolecular Hbond substituents is 1. The predicted molar refractivity (Wildman–Crippen MR) is 85.3 cm³/mol. The van der Waals surface area contributed by atoms with Crippen molar-refractivity contribution < 1.29 is 5.11 Å². The Hall–Kier alpha value is -0.290. The lowest BCUT2D eigenvalue weighted by Gasteiger charge is -2.35. The molecule has 5 heteroatoms. The third-order valence-electron chi connectivity index (χ3n) is 4.31. The monoisotopic (exact) mass is 358 g/mol. The highest BCUT2D eigenvalue weighted by molar-refractivity contribution is 9.10. The van der Waals surface area contributed by atoms with Crippen LogP contribution in [0.1, 0.15) is 30.9 Å². The largest absolute Gasteiger partial charge is 0.506 e. The quantitative estimate of drug-likeness (QED) is 0.863. The molecule has 3 rings (SSSR count). The lowest BCUT2D eigenvalue weighted by atomic mass is 9.98. The minimum atomic E-state index is 0.304. The van der Waals surface area contributed by atoms with Crippen molar-refractivity contribution in [2.24, 2.45) is 5.92 Å². The predicted octanol–water partition coefficient (Wildman–Crippen LogP) is 3.55. The third-order valence-corrected chi connectivity index (χ3v) is 5.65. The first-order valence-corrected chi connectivity index (χ1v) is 8.45. The molecule has 1 saturated carbocycles. The SMILES string of the molecule is Oc1c([C@H](CC2CC2)N2CCNCC2)ccc(Cl)c1Br. The van der Waals surface area contributed by atoms with Crippen molar-refractivity contribution in [1.29, 1.82) is 0 Å². The first-order valence-electron chi connectivity index (χ1n) is 7.28. The van der Waals surface area contributed by atoms with Crippen LogP contribution in [0, 0.1) is 5.92 Å². The van der Waals surface area contributed by atoms with Gasteiger partial charge in [0.05, 0.1) is 9.50 Å². The summed E-state index contributed by atoms with van der Waals surface area (Å²) in [6, 6.07) is 4.17. The molecule has 1 aromatic carbocycles. The van der Waals surface area contributed by atoms with E-state index < -0.39 is 0 Å². The average Bonchev–Trinajstić information content (AvgIpc) is 3.28. The van der Waals surface area contributed by atoms with Crippen LogP contribution >= 0.6 is 27.5 Å². The molecule has 0 radical (unpaired) electrons. The zero-order valence-electron chi connectivity index (χ0n) is 11.4. The van der Waals surface area contributed by atoms with Gasteiger partial charge in [-0.15, -0.1) is 0 Å². The van der Waals surface area contributed by atoms with Gasteiger partial charge in [-0.2, -0.15) is 0 Å². The van der Waals surface area contributed by atoms with Crippen molar-refractivity contribution in [3.63, 3.8) is 0 Å². The van der Waals surface area contributed by atoms with Crippen molar-refractivity contribution >= 4 is 27.5 Å². The summed E-state index contributed by atoms with van der Waals surface area (Å²) < 4.78 is 0.618. The van der Waals surface area contributed by atoms with Crippen LogP contribution in [0.4, 0.5) is 0 Å². The van der Waals surface area contributed by atoms with E-state index in [1.54, 1.807) is 0 Å². The number of nitrogens with zero attached hydrogens (tertiary/aromatic N) is 1. The Bertz CT molecular complexity index is 487. The summed E-state index contributed by atoms with van der Waals surface area (Å²) in [7, 11) is 0. The molecule has 1 aromatic rings. The van der Waals surface area contributed by atoms with Crippen LogP contribution < -0.4 is 5.32 Å². The van der Waals surface area contributed by atoms with Crippen molar-refractivity contribution in [1.82, 2.24) is 10.2 Å². The van der Waals surface area contributed by atoms with Gasteiger partial charge in [0.25, 0.3) is 0 Å². The highest BCUT2D eigenvalue weighted by Gasteiger charge is 2.32. The van der Waals surface area contributed by atoms with Crippen molar-refractivity contribution in [2.45, 2.75) is 25.3 Å². The number of hydrogen-bond acceptors (Lipinski definition) is 3. The molecule has 2 N–H and O–H groups in total. The Labute approximate surface area is 133 Å². The Morgan fingerprint density at radius 2 is 2.05 bits per heavy atom. The van der Waals surface area contributed by atoms with Crippen molar-refractivity contribution in [3.8, 4) is 5.75 Å². The number of phenols is 1. The summed E-state index contributed by atoms with van der Waals surface area (Å²) in [6.45, 7) is 4.13. The molecule has 0 bridgehead atoms. The van der Waals surface area contributed by atoms with E-state index >= 15 is 0 Å². The standard InChI is InChI=1S/C15H20BrClN2O/c16-14-12(17)4-3-11(15(14)20)13(9-10-1-2-10)19-7-5-18-6-8-19/h3-4,10,13,18,20H,1-2,5-9H2/t13-/m0/s1. The van der Waals surface area contributed by atoms with E-state index in [4.69, 9.17) is 11.6 Å². The minimum absolute atomic E-state index is 0.304. The Morgan fingerprint density at radius 1 is 1.35 bits per heavy atom. The van der Waals surface area contributed by atoms with Crippen LogP contribution in [-0.2, 0) is 0 Å². The molecule has 0 amide bonds. The molecule has 0 spiro atoms. The summed E-state index contributed by atoms with van der Waals surface area (Å²) in [5.41, 5.74) is 1.01. The zero-order valence-corrected chi connectivity index (χ0v) is 13.8. The van der Waals surface area contributed by atoms with E-state index in [2.05, 4.69) is 26.1 Å². The molecule has 1 aliphatic heterocycles. The highest BCUT2D eigenvalue weighted by Crippen LogP contribution is 2.45. The van der Waals surface area contributed by atoms with Gasteiger partial charge in [0.1, 0.15) is 5.75 Å². The number of piperazine rings is 1. The average molecular weight is 360 g/mol. The van der Waals surface area contributed by atoms with Gasteiger partial charge in [-0.1, -0.05) is 30.5 Å². The van der Waals surface area contributed by atoms with Crippen LogP contribution in [-0.4, -0.2) is 36.2 Å². The summed E-state index contributed by atoms with van der Waals surface area (Å²) in [6.07, 6.45) is 3.80. The van der Waals surface area contributed by atoms with Gasteiger partial charge in [-0.3, -0.25) is 4.90 Å². The topological polar surface area (TPSA) is 35.5 Å². The molecule has 3 nitrogen and oxygen atoms in total. The van der Waals surface area contributed by atoms with E-state index in [9.17, 15) is 5.11 Å². The van der Waals surface area contributed by atoms with E-state index in [0.29, 0.717) is 21.3 Å². The van der Waals surface area contributed by atoms with Gasteiger partial charge in [-0.05, 0) is 34.3 Å². The molecule has 0 unspecified atom stereocenters. The first-order chi connectivity index (χ1) is 9.66. The van der Waals surface area contributed by atoms with Gasteiger partial charge in [0, 0.05) is 37.8 Å². The number of nitrogens with one attached hydrogen (secondary N) is 1. The second kappa shape index (κ2) is 6.22. The van der Waals surface area contributed by atoms with Crippen LogP contribution in [0.25, 0.3) is 0 Å². The van der Waals surface area contributed by atoms with Crippen LogP contribution in [0.5, 0.6) is 5.75 Å². The Kier molecular flexibility index (Phi) is 4.55. The van der Waals surface area contributed by atoms with E-state index in [1.165, 1.54) is 12.8 Å². The van der Waals surface area contributed by atoms with Gasteiger partial charge >= 0.3 is 0 Å². The maximum Gasteiger partial charge on any atom is 0.136 e. The molecule has 2 aliphatic rings. The lowest BCUT2D eigenvalue weighted by Crippen LogP contribution is -2.45. The fourth-order valence-corrected chi connectivity index (χ4v) is 3.47. The molecule has 1 heterocycles. The second-order valence-electron chi connectivity index (χ2n) is 5.78. The van der Waals surface area contributed by atoms with E-state index in [1.807, 2.05) is 12.1 Å². The summed E-state index contributed by atoms with van der Waals surface area (Å²) in [4.78, 5) is 2.49. The molecule has 0 aromatic heterocycles. The molecule has 110 valence electrons. The second-order valence-corrected chi connectivity index (χ2v) is 6.98. The number of rotatable bonds is 4. The first kappa shape index (κ1) is 14.6. The van der Waals surface area contributed by atoms with Gasteiger partial charge < -0.3 is 10.4 Å². The van der Waals surface area contributed by atoms with Crippen LogP contribution in [0.15, 0.2) is 16.6 Å². The van der Waals surface area contributed by atoms with E-state index in [-0.39, 0.29) is 0 Å². The van der Waals surface area contributed by atoms with Crippen LogP contribution in [0.2, 0.25) is 5.02 Å². The molecule has 1 atom stereocenters. The smallest absolute Gasteiger partial charge is 0.136 e. The lowest BCUT2D eigenvalue weighted by molar-refractivity contribution is 0.158. The molecule has 20 heavy (non-hydrogen) atoms. The molecule has 2 fully saturated rings. The summed E-state index contributed by atoms with van der Waals surface area (Å²) in [5, 5.41) is 14.4. The molecule has 1 aliphatic carbocycles. The minimum Gasteiger partial charge on any atom is -0.506 e. The van der Waals surface area contributed by atoms with Gasteiger partial charge in [0.2, 0.25) is 0 Å². The maximum atomic E-state index is 10.4. The maximum absolute atomic E-state index is 10.4. The summed E-state index contributed by atoms with van der Waals surface area (Å²) in [5.74, 6) is 1.13. The normalized spacial score (nSPS) is 21.9. The summed E-state index contributed by atoms with van der Waals surface area (Å²) >= 11 is 9.46. The number of aromatic hydroxyl groups is 1. The highest BCUT2D eigenvalue weighted by atomic mass is 79.9. The molecule has 1 saturated heterocycles. The van der Waals surface area contributed by atoms with Gasteiger partial charge in [0.15, 0.2) is 0 Å². The third kappa shape index (κ3) is 3.14. The molecular formula is C15H20BrClN2O. The number of benzene rings is 1. The van der Waals surface area contributed by atoms with Crippen LogP contribution in [0.3, 0.4) is 0 Å². The number of hydrogen-bond donors (Lipinski definition) is 2. The Balaban J connectivity index is 1.89.